The van der Waals surface area contributed by atoms with E-state index in [9.17, 15) is 5.21 Å². The minimum absolute atomic E-state index is 0.0868. The van der Waals surface area contributed by atoms with E-state index in [1.807, 2.05) is 0 Å². The Morgan fingerprint density at radius 1 is 0.875 bits per heavy atom. The van der Waals surface area contributed by atoms with Crippen LogP contribution in [0, 0.1) is 0 Å². The Kier molecular flexibility index (Phi) is 11.2. The number of hydrogen-bond donors (Lipinski definition) is 3. The molecule has 0 bridgehead atoms. The average Bonchev–Trinajstić information content (AvgIpc) is 2.21. The third-order valence-electron chi connectivity index (χ3n) is 2.64. The monoisotopic (exact) mass is 233 g/mol. The van der Waals surface area contributed by atoms with Gasteiger partial charge in [-0.3, -0.25) is 0 Å². The second-order valence-corrected chi connectivity index (χ2v) is 4.37. The van der Waals surface area contributed by atoms with Crippen LogP contribution in [0.4, 0.5) is 0 Å². The number of hydroxylamine groups is 2. The minimum atomic E-state index is -1.45. The fourth-order valence-electron chi connectivity index (χ4n) is 1.71. The molecule has 3 N–H and O–H groups in total. The van der Waals surface area contributed by atoms with Gasteiger partial charge < -0.3 is 15.4 Å². The number of aliphatic hydroxyl groups is 2. The fraction of sp³-hybridized carbons (Fsp3) is 1.00. The third kappa shape index (κ3) is 11.9. The lowest BCUT2D eigenvalue weighted by Gasteiger charge is -2.15. The predicted octanol–water partition coefficient (Wildman–Crippen LogP) is 2.13. The summed E-state index contributed by atoms with van der Waals surface area (Å²) in [7, 11) is 0. The summed E-state index contributed by atoms with van der Waals surface area (Å²) in [5, 5.41) is 27.4. The SMILES string of the molecule is CCCCCCCCCCN(O)CC(O)O. The molecule has 0 radical (unpaired) electrons. The van der Waals surface area contributed by atoms with E-state index in [0.29, 0.717) is 6.54 Å². The van der Waals surface area contributed by atoms with Crippen molar-refractivity contribution in [3.05, 3.63) is 0 Å². The molecule has 0 aromatic carbocycles. The molecular formula is C12H27NO3. The molecule has 0 spiro atoms. The topological polar surface area (TPSA) is 63.9 Å². The predicted molar refractivity (Wildman–Crippen MR) is 64.2 cm³/mol. The van der Waals surface area contributed by atoms with Gasteiger partial charge in [-0.2, -0.15) is 5.06 Å². The van der Waals surface area contributed by atoms with Crippen molar-refractivity contribution in [2.45, 2.75) is 64.6 Å². The molecule has 0 unspecified atom stereocenters. The summed E-state index contributed by atoms with van der Waals surface area (Å²) in [6.45, 7) is 2.65. The van der Waals surface area contributed by atoms with Gasteiger partial charge in [-0.15, -0.1) is 0 Å². The summed E-state index contributed by atoms with van der Waals surface area (Å²) in [5.74, 6) is 0. The normalized spacial score (nSPS) is 11.6. The lowest BCUT2D eigenvalue weighted by atomic mass is 10.1. The van der Waals surface area contributed by atoms with Crippen molar-refractivity contribution in [1.82, 2.24) is 5.06 Å². The second kappa shape index (κ2) is 11.3. The molecule has 0 aromatic heterocycles. The highest BCUT2D eigenvalue weighted by Crippen LogP contribution is 2.08. The van der Waals surface area contributed by atoms with E-state index in [1.54, 1.807) is 0 Å². The fourth-order valence-corrected chi connectivity index (χ4v) is 1.71. The zero-order valence-electron chi connectivity index (χ0n) is 10.4. The molecule has 0 saturated heterocycles. The molecule has 0 atom stereocenters. The van der Waals surface area contributed by atoms with Crippen LogP contribution in [0.3, 0.4) is 0 Å². The molecule has 0 aliphatic rings. The van der Waals surface area contributed by atoms with Gasteiger partial charge in [0.2, 0.25) is 0 Å². The number of unbranched alkanes of at least 4 members (excludes halogenated alkanes) is 7. The van der Waals surface area contributed by atoms with E-state index < -0.39 is 6.29 Å². The van der Waals surface area contributed by atoms with Crippen molar-refractivity contribution in [3.63, 3.8) is 0 Å². The van der Waals surface area contributed by atoms with E-state index >= 15 is 0 Å². The summed E-state index contributed by atoms with van der Waals surface area (Å²) in [4.78, 5) is 0. The lowest BCUT2D eigenvalue weighted by molar-refractivity contribution is -0.158. The quantitative estimate of drug-likeness (QED) is 0.290. The van der Waals surface area contributed by atoms with E-state index in [-0.39, 0.29) is 6.54 Å². The Hall–Kier alpha value is -0.160. The molecule has 0 aromatic rings. The molecule has 0 saturated carbocycles. The van der Waals surface area contributed by atoms with Crippen LogP contribution < -0.4 is 0 Å². The van der Waals surface area contributed by atoms with Gasteiger partial charge in [-0.1, -0.05) is 51.9 Å². The van der Waals surface area contributed by atoms with E-state index in [2.05, 4.69) is 6.92 Å². The Bertz CT molecular complexity index is 142. The molecule has 16 heavy (non-hydrogen) atoms. The van der Waals surface area contributed by atoms with Gasteiger partial charge in [0.1, 0.15) is 0 Å². The van der Waals surface area contributed by atoms with E-state index in [0.717, 1.165) is 17.9 Å². The van der Waals surface area contributed by atoms with Crippen molar-refractivity contribution in [3.8, 4) is 0 Å². The summed E-state index contributed by atoms with van der Waals surface area (Å²) in [6.07, 6.45) is 8.31. The van der Waals surface area contributed by atoms with Crippen molar-refractivity contribution < 1.29 is 15.4 Å². The van der Waals surface area contributed by atoms with Crippen molar-refractivity contribution in [2.24, 2.45) is 0 Å². The summed E-state index contributed by atoms with van der Waals surface area (Å²) < 4.78 is 0. The van der Waals surface area contributed by atoms with Crippen molar-refractivity contribution in [2.75, 3.05) is 13.1 Å². The van der Waals surface area contributed by atoms with Crippen LogP contribution in [0.2, 0.25) is 0 Å². The van der Waals surface area contributed by atoms with E-state index in [4.69, 9.17) is 10.2 Å². The maximum atomic E-state index is 9.21. The zero-order valence-corrected chi connectivity index (χ0v) is 10.4. The molecular weight excluding hydrogens is 206 g/mol. The van der Waals surface area contributed by atoms with Crippen LogP contribution in [0.5, 0.6) is 0 Å². The van der Waals surface area contributed by atoms with Crippen LogP contribution in [0.25, 0.3) is 0 Å². The minimum Gasteiger partial charge on any atom is -0.367 e. The Labute approximate surface area is 98.9 Å². The molecule has 0 heterocycles. The largest absolute Gasteiger partial charge is 0.367 e. The molecule has 0 fully saturated rings. The van der Waals surface area contributed by atoms with Gasteiger partial charge >= 0.3 is 0 Å². The highest BCUT2D eigenvalue weighted by molar-refractivity contribution is 4.50. The summed E-state index contributed by atoms with van der Waals surface area (Å²) in [5.41, 5.74) is 0. The first-order chi connectivity index (χ1) is 7.66. The first-order valence-corrected chi connectivity index (χ1v) is 6.46. The summed E-state index contributed by atoms with van der Waals surface area (Å²) >= 11 is 0. The van der Waals surface area contributed by atoms with E-state index in [1.165, 1.54) is 38.5 Å². The van der Waals surface area contributed by atoms with Crippen molar-refractivity contribution >= 4 is 0 Å². The third-order valence-corrected chi connectivity index (χ3v) is 2.64. The smallest absolute Gasteiger partial charge is 0.166 e. The second-order valence-electron chi connectivity index (χ2n) is 4.37. The lowest BCUT2D eigenvalue weighted by Crippen LogP contribution is -2.30. The standard InChI is InChI=1S/C12H27NO3/c1-2-3-4-5-6-7-8-9-10-13(16)11-12(14)15/h12,14-16H,2-11H2,1H3. The molecule has 4 heteroatoms. The van der Waals surface area contributed by atoms with Gasteiger partial charge in [0.05, 0.1) is 6.54 Å². The highest BCUT2D eigenvalue weighted by Gasteiger charge is 2.04. The van der Waals surface area contributed by atoms with Crippen molar-refractivity contribution in [1.29, 1.82) is 0 Å². The zero-order chi connectivity index (χ0) is 12.2. The Balaban J connectivity index is 3.08. The Morgan fingerprint density at radius 2 is 1.38 bits per heavy atom. The van der Waals surface area contributed by atoms with Crippen LogP contribution in [0.15, 0.2) is 0 Å². The van der Waals surface area contributed by atoms with Gasteiger partial charge in [0, 0.05) is 6.54 Å². The highest BCUT2D eigenvalue weighted by atomic mass is 16.5. The van der Waals surface area contributed by atoms with Gasteiger partial charge in [0.15, 0.2) is 6.29 Å². The first-order valence-electron chi connectivity index (χ1n) is 6.46. The molecule has 0 rings (SSSR count). The first kappa shape index (κ1) is 15.8. The molecule has 4 nitrogen and oxygen atoms in total. The maximum Gasteiger partial charge on any atom is 0.166 e. The van der Waals surface area contributed by atoms with Gasteiger partial charge in [0.25, 0.3) is 0 Å². The van der Waals surface area contributed by atoms with Crippen LogP contribution in [0.1, 0.15) is 58.3 Å². The molecule has 98 valence electrons. The maximum absolute atomic E-state index is 9.21. The van der Waals surface area contributed by atoms with Crippen LogP contribution in [-0.2, 0) is 0 Å². The van der Waals surface area contributed by atoms with Gasteiger partial charge in [-0.25, -0.2) is 0 Å². The Morgan fingerprint density at radius 3 is 1.88 bits per heavy atom. The molecule has 0 amide bonds. The summed E-state index contributed by atoms with van der Waals surface area (Å²) in [6, 6.07) is 0. The number of hydrogen-bond acceptors (Lipinski definition) is 4. The van der Waals surface area contributed by atoms with Crippen LogP contribution >= 0.6 is 0 Å². The van der Waals surface area contributed by atoms with Crippen LogP contribution in [-0.4, -0.2) is 39.9 Å². The molecule has 0 aliphatic carbocycles. The van der Waals surface area contributed by atoms with Gasteiger partial charge in [-0.05, 0) is 6.42 Å². The number of rotatable bonds is 11. The number of aliphatic hydroxyl groups excluding tert-OH is 1. The number of nitrogens with zero attached hydrogens (tertiary/aromatic N) is 1. The average molecular weight is 233 g/mol. The molecule has 0 aliphatic heterocycles.